The van der Waals surface area contributed by atoms with Crippen LogP contribution in [0.5, 0.6) is 0 Å². The number of hydrogen-bond donors (Lipinski definition) is 1. The van der Waals surface area contributed by atoms with Crippen LogP contribution in [-0.4, -0.2) is 30.8 Å². The van der Waals surface area contributed by atoms with Crippen molar-refractivity contribution in [1.82, 2.24) is 19.6 Å². The van der Waals surface area contributed by atoms with E-state index in [1.165, 1.54) is 40.9 Å². The Hall–Kier alpha value is -2.53. The molecule has 5 nitrogen and oxygen atoms in total. The molecule has 5 heteroatoms. The van der Waals surface area contributed by atoms with Crippen molar-refractivity contribution >= 4 is 5.78 Å². The fourth-order valence-corrected chi connectivity index (χ4v) is 8.29. The second-order valence-corrected chi connectivity index (χ2v) is 11.4. The van der Waals surface area contributed by atoms with Gasteiger partial charge in [0, 0.05) is 16.5 Å². The molecule has 4 aliphatic rings. The zero-order valence-corrected chi connectivity index (χ0v) is 19.5. The van der Waals surface area contributed by atoms with Gasteiger partial charge in [-0.05, 0) is 68.1 Å². The number of nitrogens with zero attached hydrogens (tertiary/aromatic N) is 4. The predicted molar refractivity (Wildman–Crippen MR) is 128 cm³/mol. The average Bonchev–Trinajstić information content (AvgIpc) is 3.41. The lowest BCUT2D eigenvalue weighted by Gasteiger charge is -2.57. The molecule has 2 aromatic heterocycles. The second kappa shape index (κ2) is 6.75. The van der Waals surface area contributed by atoms with Gasteiger partial charge in [0.2, 0.25) is 0 Å². The zero-order chi connectivity index (χ0) is 22.4. The predicted octanol–water partition coefficient (Wildman–Crippen LogP) is 5.13. The van der Waals surface area contributed by atoms with Crippen LogP contribution in [0.2, 0.25) is 0 Å². The summed E-state index contributed by atoms with van der Waals surface area (Å²) < 4.78 is 1.95. The minimum Gasteiger partial charge on any atom is -0.393 e. The Kier molecular flexibility index (Phi) is 4.07. The quantitative estimate of drug-likeness (QED) is 0.533. The molecule has 0 unspecified atom stereocenters. The number of rotatable bonds is 1. The highest BCUT2D eigenvalue weighted by molar-refractivity contribution is 5.68. The Labute approximate surface area is 195 Å². The highest BCUT2D eigenvalue weighted by Gasteiger charge is 2.58. The van der Waals surface area contributed by atoms with E-state index >= 15 is 0 Å². The molecule has 0 spiro atoms. The Morgan fingerprint density at radius 2 is 1.82 bits per heavy atom. The first-order valence-corrected chi connectivity index (χ1v) is 12.6. The van der Waals surface area contributed by atoms with Crippen LogP contribution in [-0.2, 0) is 11.8 Å². The van der Waals surface area contributed by atoms with E-state index in [1.54, 1.807) is 6.33 Å². The van der Waals surface area contributed by atoms with Gasteiger partial charge in [0.05, 0.1) is 17.5 Å². The molecule has 2 fully saturated rings. The molecular formula is C28H32N4O. The van der Waals surface area contributed by atoms with E-state index in [-0.39, 0.29) is 16.9 Å². The standard InChI is InChI=1S/C28H32N4O/c1-27-12-10-19(33)14-18(27)8-9-20-22(27)11-13-28(2)23(20)15-21-24(17-6-4-3-5-7-17)32-26(29-16-30-32)31-25(21)28/h3-8,16,19-20,22-23,33H,9-15H2,1-2H3/t19-,20+,22-,23-,27-,28-/m0/s1. The van der Waals surface area contributed by atoms with Crippen molar-refractivity contribution in [3.05, 3.63) is 59.6 Å². The molecule has 2 saturated carbocycles. The van der Waals surface area contributed by atoms with Crippen molar-refractivity contribution in [2.75, 3.05) is 0 Å². The largest absolute Gasteiger partial charge is 0.393 e. The summed E-state index contributed by atoms with van der Waals surface area (Å²) in [6, 6.07) is 10.7. The SMILES string of the molecule is C[C@]12CC[C@H](O)CC1=CC[C@@H]1[C@@H]2CC[C@]2(C)c3nc4ncnn4c(-c4ccccc4)c3C[C@@H]12. The molecule has 0 saturated heterocycles. The summed E-state index contributed by atoms with van der Waals surface area (Å²) >= 11 is 0. The number of allylic oxidation sites excluding steroid dienone is 1. The highest BCUT2D eigenvalue weighted by atomic mass is 16.3. The van der Waals surface area contributed by atoms with Gasteiger partial charge in [-0.2, -0.15) is 14.6 Å². The number of aromatic nitrogens is 4. The van der Waals surface area contributed by atoms with Crippen LogP contribution < -0.4 is 0 Å². The Morgan fingerprint density at radius 3 is 2.67 bits per heavy atom. The lowest BCUT2D eigenvalue weighted by Crippen LogP contribution is -2.51. The number of fused-ring (bicyclic) bond motifs is 8. The maximum atomic E-state index is 10.3. The van der Waals surface area contributed by atoms with Gasteiger partial charge in [-0.25, -0.2) is 4.98 Å². The molecule has 0 aliphatic heterocycles. The van der Waals surface area contributed by atoms with E-state index in [2.05, 4.69) is 60.3 Å². The Morgan fingerprint density at radius 1 is 1.00 bits per heavy atom. The van der Waals surface area contributed by atoms with Crippen molar-refractivity contribution < 1.29 is 5.11 Å². The molecular weight excluding hydrogens is 408 g/mol. The van der Waals surface area contributed by atoms with Gasteiger partial charge in [0.15, 0.2) is 0 Å². The minimum atomic E-state index is -0.146. The second-order valence-electron chi connectivity index (χ2n) is 11.4. The molecule has 170 valence electrons. The van der Waals surface area contributed by atoms with E-state index in [0.29, 0.717) is 17.8 Å². The molecule has 0 amide bonds. The maximum Gasteiger partial charge on any atom is 0.252 e. The molecule has 6 atom stereocenters. The summed E-state index contributed by atoms with van der Waals surface area (Å²) in [6.07, 6.45) is 11.6. The van der Waals surface area contributed by atoms with Crippen LogP contribution in [0, 0.1) is 23.2 Å². The average molecular weight is 441 g/mol. The molecule has 1 aromatic carbocycles. The smallest absolute Gasteiger partial charge is 0.252 e. The molecule has 7 rings (SSSR count). The van der Waals surface area contributed by atoms with Crippen LogP contribution in [0.15, 0.2) is 48.3 Å². The van der Waals surface area contributed by atoms with Gasteiger partial charge in [-0.15, -0.1) is 0 Å². The van der Waals surface area contributed by atoms with Gasteiger partial charge in [0.25, 0.3) is 5.78 Å². The van der Waals surface area contributed by atoms with Crippen LogP contribution in [0.1, 0.15) is 63.6 Å². The fourth-order valence-electron chi connectivity index (χ4n) is 8.29. The van der Waals surface area contributed by atoms with Gasteiger partial charge in [-0.3, -0.25) is 0 Å². The first-order valence-electron chi connectivity index (χ1n) is 12.6. The molecule has 0 radical (unpaired) electrons. The molecule has 33 heavy (non-hydrogen) atoms. The molecule has 4 aliphatic carbocycles. The Bertz CT molecular complexity index is 1280. The molecule has 2 heterocycles. The third-order valence-electron chi connectivity index (χ3n) is 10.0. The van der Waals surface area contributed by atoms with Crippen molar-refractivity contribution in [1.29, 1.82) is 0 Å². The molecule has 0 bridgehead atoms. The number of hydrogen-bond acceptors (Lipinski definition) is 4. The highest BCUT2D eigenvalue weighted by Crippen LogP contribution is 2.64. The monoisotopic (exact) mass is 440 g/mol. The first-order chi connectivity index (χ1) is 16.0. The first kappa shape index (κ1) is 19.9. The van der Waals surface area contributed by atoms with Crippen molar-refractivity contribution in [3.8, 4) is 11.3 Å². The Balaban J connectivity index is 1.37. The topological polar surface area (TPSA) is 63.3 Å². The minimum absolute atomic E-state index is 0.0869. The van der Waals surface area contributed by atoms with E-state index in [4.69, 9.17) is 4.98 Å². The maximum absolute atomic E-state index is 10.3. The van der Waals surface area contributed by atoms with Crippen LogP contribution in [0.25, 0.3) is 17.0 Å². The van der Waals surface area contributed by atoms with Gasteiger partial charge >= 0.3 is 0 Å². The fraction of sp³-hybridized carbons (Fsp3) is 0.536. The summed E-state index contributed by atoms with van der Waals surface area (Å²) in [6.45, 7) is 4.97. The van der Waals surface area contributed by atoms with Crippen molar-refractivity contribution in [2.24, 2.45) is 23.2 Å². The van der Waals surface area contributed by atoms with E-state index in [9.17, 15) is 5.11 Å². The van der Waals surface area contributed by atoms with Gasteiger partial charge in [0.1, 0.15) is 6.33 Å². The molecule has 1 N–H and O–H groups in total. The summed E-state index contributed by atoms with van der Waals surface area (Å²) in [4.78, 5) is 9.66. The van der Waals surface area contributed by atoms with Crippen LogP contribution in [0.4, 0.5) is 0 Å². The van der Waals surface area contributed by atoms with E-state index < -0.39 is 0 Å². The number of aliphatic hydroxyl groups is 1. The lowest BCUT2D eigenvalue weighted by molar-refractivity contribution is -0.0169. The third kappa shape index (κ3) is 2.60. The van der Waals surface area contributed by atoms with E-state index in [1.807, 2.05) is 4.52 Å². The summed E-state index contributed by atoms with van der Waals surface area (Å²) in [5.41, 5.74) is 6.90. The summed E-state index contributed by atoms with van der Waals surface area (Å²) in [5, 5.41) is 14.9. The number of benzene rings is 1. The number of aliphatic hydroxyl groups excluding tert-OH is 1. The van der Waals surface area contributed by atoms with E-state index in [0.717, 1.165) is 37.9 Å². The van der Waals surface area contributed by atoms with Gasteiger partial charge in [-0.1, -0.05) is 55.8 Å². The zero-order valence-electron chi connectivity index (χ0n) is 19.5. The van der Waals surface area contributed by atoms with Crippen LogP contribution >= 0.6 is 0 Å². The third-order valence-corrected chi connectivity index (χ3v) is 10.0. The summed E-state index contributed by atoms with van der Waals surface area (Å²) in [7, 11) is 0. The molecule has 3 aromatic rings. The van der Waals surface area contributed by atoms with Crippen molar-refractivity contribution in [3.63, 3.8) is 0 Å². The normalized spacial score (nSPS) is 37.1. The van der Waals surface area contributed by atoms with Crippen LogP contribution in [0.3, 0.4) is 0 Å². The van der Waals surface area contributed by atoms with Crippen molar-refractivity contribution in [2.45, 2.75) is 70.3 Å². The lowest BCUT2D eigenvalue weighted by atomic mass is 9.48. The summed E-state index contributed by atoms with van der Waals surface area (Å²) in [5.74, 6) is 2.69. The van der Waals surface area contributed by atoms with Gasteiger partial charge < -0.3 is 5.11 Å².